The molecule has 6 heteroatoms. The number of halogens is 1. The summed E-state index contributed by atoms with van der Waals surface area (Å²) in [5.74, 6) is -0.542. The van der Waals surface area contributed by atoms with Crippen molar-refractivity contribution in [1.82, 2.24) is 0 Å². The fourth-order valence-electron chi connectivity index (χ4n) is 2.09. The molecule has 0 aromatic heterocycles. The third-order valence-electron chi connectivity index (χ3n) is 3.12. The zero-order valence-corrected chi connectivity index (χ0v) is 13.5. The minimum atomic E-state index is -0.738. The average Bonchev–Trinajstić information content (AvgIpc) is 2.51. The van der Waals surface area contributed by atoms with Crippen LogP contribution in [-0.4, -0.2) is 24.5 Å². The summed E-state index contributed by atoms with van der Waals surface area (Å²) in [4.78, 5) is 23.5. The van der Waals surface area contributed by atoms with Gasteiger partial charge in [0.1, 0.15) is 22.8 Å². The molecule has 2 aromatic carbocycles. The van der Waals surface area contributed by atoms with Crippen LogP contribution in [0, 0.1) is 6.92 Å². The Morgan fingerprint density at radius 2 is 1.91 bits per heavy atom. The van der Waals surface area contributed by atoms with Crippen molar-refractivity contribution in [3.8, 4) is 17.2 Å². The molecular weight excluding hydrogens is 352 g/mol. The number of benzene rings is 2. The van der Waals surface area contributed by atoms with E-state index >= 15 is 0 Å². The minimum Gasteiger partial charge on any atom is -0.506 e. The molecule has 0 fully saturated rings. The number of phenols is 1. The van der Waals surface area contributed by atoms with Crippen molar-refractivity contribution in [2.24, 2.45) is 0 Å². The number of ether oxygens (including phenoxy) is 2. The van der Waals surface area contributed by atoms with Gasteiger partial charge in [0.2, 0.25) is 0 Å². The lowest BCUT2D eigenvalue weighted by atomic mass is 10.0. The molecule has 0 saturated carbocycles. The van der Waals surface area contributed by atoms with Gasteiger partial charge in [-0.25, -0.2) is 4.79 Å². The number of hydrogen-bond donors (Lipinski definition) is 1. The molecule has 22 heavy (non-hydrogen) atoms. The number of carbonyl (C=O) groups is 2. The maximum atomic E-state index is 12.3. The Morgan fingerprint density at radius 1 is 1.27 bits per heavy atom. The molecule has 2 aromatic rings. The number of carbonyl (C=O) groups excluding carboxylic acids is 2. The lowest BCUT2D eigenvalue weighted by Gasteiger charge is -2.15. The second-order valence-corrected chi connectivity index (χ2v) is 5.22. The molecule has 1 N–H and O–H groups in total. The number of methoxy groups -OCH3 is 1. The predicted octanol–water partition coefficient (Wildman–Crippen LogP) is 3.50. The van der Waals surface area contributed by atoms with Gasteiger partial charge < -0.3 is 14.6 Å². The van der Waals surface area contributed by atoms with Gasteiger partial charge >= 0.3 is 5.97 Å². The number of phenolic OH excluding ortho intramolecular Hbond substituents is 1. The van der Waals surface area contributed by atoms with E-state index in [4.69, 9.17) is 9.47 Å². The predicted molar refractivity (Wildman–Crippen MR) is 83.9 cm³/mol. The van der Waals surface area contributed by atoms with Crippen molar-refractivity contribution in [3.05, 3.63) is 51.5 Å². The molecule has 0 aliphatic carbocycles. The van der Waals surface area contributed by atoms with Gasteiger partial charge in [0, 0.05) is 5.56 Å². The maximum Gasteiger partial charge on any atom is 0.347 e. The summed E-state index contributed by atoms with van der Waals surface area (Å²) < 4.78 is 10.5. The molecule has 0 aliphatic rings. The zero-order chi connectivity index (χ0) is 16.3. The summed E-state index contributed by atoms with van der Waals surface area (Å²) in [5, 5.41) is 10.2. The van der Waals surface area contributed by atoms with Crippen molar-refractivity contribution < 1.29 is 24.2 Å². The molecule has 5 nitrogen and oxygen atoms in total. The van der Waals surface area contributed by atoms with Gasteiger partial charge in [0.15, 0.2) is 6.29 Å². The molecular formula is C16H13BrO5. The Kier molecular flexibility index (Phi) is 4.82. The first-order chi connectivity index (χ1) is 10.5. The van der Waals surface area contributed by atoms with Crippen LogP contribution >= 0.6 is 15.9 Å². The van der Waals surface area contributed by atoms with Gasteiger partial charge in [-0.15, -0.1) is 0 Å². The number of para-hydroxylation sites is 1. The molecule has 0 saturated heterocycles. The van der Waals surface area contributed by atoms with E-state index in [2.05, 4.69) is 15.9 Å². The second kappa shape index (κ2) is 6.62. The number of rotatable bonds is 4. The first-order valence-corrected chi connectivity index (χ1v) is 7.12. The summed E-state index contributed by atoms with van der Waals surface area (Å²) in [7, 11) is 1.38. The fraction of sp³-hybridized carbons (Fsp3) is 0.125. The Morgan fingerprint density at radius 3 is 2.45 bits per heavy atom. The van der Waals surface area contributed by atoms with Crippen LogP contribution in [0.15, 0.2) is 34.8 Å². The summed E-state index contributed by atoms with van der Waals surface area (Å²) in [5.41, 5.74) is 0.401. The van der Waals surface area contributed by atoms with Crippen molar-refractivity contribution in [1.29, 1.82) is 0 Å². The van der Waals surface area contributed by atoms with E-state index in [1.807, 2.05) is 0 Å². The fourth-order valence-corrected chi connectivity index (χ4v) is 2.57. The third-order valence-corrected chi connectivity index (χ3v) is 3.92. The smallest absolute Gasteiger partial charge is 0.347 e. The van der Waals surface area contributed by atoms with Crippen LogP contribution in [-0.2, 0) is 0 Å². The Balaban J connectivity index is 2.53. The van der Waals surface area contributed by atoms with Crippen LogP contribution < -0.4 is 9.47 Å². The molecule has 0 atom stereocenters. The molecule has 0 amide bonds. The summed E-state index contributed by atoms with van der Waals surface area (Å²) in [6, 6.07) is 8.48. The zero-order valence-electron chi connectivity index (χ0n) is 11.9. The normalized spacial score (nSPS) is 10.1. The molecule has 0 bridgehead atoms. The standard InChI is InChI=1S/C16H13BrO5/c1-9-12(16(20)22-10-6-4-3-5-7-10)14(19)13(17)11(8-18)15(9)21-2/h3-8,19H,1-2H3. The van der Waals surface area contributed by atoms with Gasteiger partial charge in [-0.2, -0.15) is 0 Å². The van der Waals surface area contributed by atoms with Crippen LogP contribution in [0.2, 0.25) is 0 Å². The second-order valence-electron chi connectivity index (χ2n) is 4.43. The van der Waals surface area contributed by atoms with Crippen molar-refractivity contribution in [2.45, 2.75) is 6.92 Å². The first-order valence-electron chi connectivity index (χ1n) is 6.32. The van der Waals surface area contributed by atoms with Gasteiger partial charge in [-0.1, -0.05) is 18.2 Å². The van der Waals surface area contributed by atoms with E-state index in [0.717, 1.165) is 0 Å². The van der Waals surface area contributed by atoms with Crippen LogP contribution in [0.1, 0.15) is 26.3 Å². The van der Waals surface area contributed by atoms with E-state index in [1.165, 1.54) is 7.11 Å². The lowest BCUT2D eigenvalue weighted by Crippen LogP contribution is -2.12. The van der Waals surface area contributed by atoms with E-state index < -0.39 is 5.97 Å². The Hall–Kier alpha value is -2.34. The molecule has 114 valence electrons. The molecule has 2 rings (SSSR count). The van der Waals surface area contributed by atoms with Gasteiger partial charge in [-0.05, 0) is 35.0 Å². The Bertz CT molecular complexity index is 725. The summed E-state index contributed by atoms with van der Waals surface area (Å²) in [6.45, 7) is 1.57. The highest BCUT2D eigenvalue weighted by Gasteiger charge is 2.26. The van der Waals surface area contributed by atoms with E-state index in [-0.39, 0.29) is 27.1 Å². The minimum absolute atomic E-state index is 0.0572. The summed E-state index contributed by atoms with van der Waals surface area (Å²) in [6.07, 6.45) is 0.544. The SMILES string of the molecule is COc1c(C)c(C(=O)Oc2ccccc2)c(O)c(Br)c1C=O. The third kappa shape index (κ3) is 2.82. The van der Waals surface area contributed by atoms with Crippen LogP contribution in [0.3, 0.4) is 0 Å². The number of aromatic hydroxyl groups is 1. The molecule has 0 heterocycles. The van der Waals surface area contributed by atoms with Crippen molar-refractivity contribution >= 4 is 28.2 Å². The van der Waals surface area contributed by atoms with E-state index in [9.17, 15) is 14.7 Å². The highest BCUT2D eigenvalue weighted by Crippen LogP contribution is 2.40. The van der Waals surface area contributed by atoms with Gasteiger partial charge in [0.25, 0.3) is 0 Å². The van der Waals surface area contributed by atoms with Crippen LogP contribution in [0.5, 0.6) is 17.2 Å². The Labute approximate surface area is 135 Å². The highest BCUT2D eigenvalue weighted by molar-refractivity contribution is 9.10. The average molecular weight is 365 g/mol. The molecule has 0 radical (unpaired) electrons. The number of esters is 1. The quantitative estimate of drug-likeness (QED) is 0.510. The van der Waals surface area contributed by atoms with E-state index in [1.54, 1.807) is 37.3 Å². The van der Waals surface area contributed by atoms with Crippen LogP contribution in [0.25, 0.3) is 0 Å². The number of aldehydes is 1. The number of hydrogen-bond acceptors (Lipinski definition) is 5. The highest BCUT2D eigenvalue weighted by atomic mass is 79.9. The van der Waals surface area contributed by atoms with E-state index in [0.29, 0.717) is 17.6 Å². The molecule has 0 unspecified atom stereocenters. The van der Waals surface area contributed by atoms with Gasteiger partial charge in [-0.3, -0.25) is 4.79 Å². The maximum absolute atomic E-state index is 12.3. The van der Waals surface area contributed by atoms with Gasteiger partial charge in [0.05, 0.1) is 17.1 Å². The monoisotopic (exact) mass is 364 g/mol. The summed E-state index contributed by atoms with van der Waals surface area (Å²) >= 11 is 3.10. The molecule has 0 spiro atoms. The lowest BCUT2D eigenvalue weighted by molar-refractivity contribution is 0.0729. The largest absolute Gasteiger partial charge is 0.506 e. The van der Waals surface area contributed by atoms with Crippen LogP contribution in [0.4, 0.5) is 0 Å². The topological polar surface area (TPSA) is 72.8 Å². The first kappa shape index (κ1) is 16.0. The van der Waals surface area contributed by atoms with Crippen molar-refractivity contribution in [3.63, 3.8) is 0 Å². The van der Waals surface area contributed by atoms with Crippen molar-refractivity contribution in [2.75, 3.05) is 7.11 Å². The molecule has 0 aliphatic heterocycles.